The molecule has 0 saturated heterocycles. The molecule has 3 N–H and O–H groups in total. The highest BCUT2D eigenvalue weighted by Gasteiger charge is 2.21. The topological polar surface area (TPSA) is 49.5 Å². The smallest absolute Gasteiger partial charge is 0.0606 e. The molecule has 0 aromatic heterocycles. The lowest BCUT2D eigenvalue weighted by molar-refractivity contribution is 0.290. The first-order valence-electron chi connectivity index (χ1n) is 7.43. The number of hydrogen-bond acceptors (Lipinski definition) is 3. The van der Waals surface area contributed by atoms with Crippen molar-refractivity contribution in [1.29, 1.82) is 0 Å². The van der Waals surface area contributed by atoms with Gasteiger partial charge in [-0.1, -0.05) is 25.3 Å². The van der Waals surface area contributed by atoms with E-state index in [0.29, 0.717) is 12.6 Å². The van der Waals surface area contributed by atoms with Gasteiger partial charge in [-0.3, -0.25) is 0 Å². The first-order valence-corrected chi connectivity index (χ1v) is 7.43. The Morgan fingerprint density at radius 1 is 1.26 bits per heavy atom. The molecule has 0 unspecified atom stereocenters. The predicted octanol–water partition coefficient (Wildman–Crippen LogP) is 2.59. The van der Waals surface area contributed by atoms with Crippen molar-refractivity contribution in [2.45, 2.75) is 51.6 Å². The van der Waals surface area contributed by atoms with E-state index in [1.54, 1.807) is 0 Å². The van der Waals surface area contributed by atoms with Crippen LogP contribution in [0, 0.1) is 6.92 Å². The molecule has 0 heterocycles. The van der Waals surface area contributed by atoms with Crippen LogP contribution in [0.4, 0.5) is 5.69 Å². The maximum atomic E-state index is 9.34. The molecule has 0 aliphatic heterocycles. The van der Waals surface area contributed by atoms with E-state index >= 15 is 0 Å². The summed E-state index contributed by atoms with van der Waals surface area (Å²) in [6.07, 6.45) is 6.48. The monoisotopic (exact) mass is 262 g/mol. The number of benzene rings is 1. The SMILES string of the molecule is Cc1cc(N(CCO)C2CCCCC2)ccc1CN. The molecule has 0 atom stereocenters. The highest BCUT2D eigenvalue weighted by atomic mass is 16.3. The van der Waals surface area contributed by atoms with E-state index in [1.807, 2.05) is 0 Å². The number of anilines is 1. The summed E-state index contributed by atoms with van der Waals surface area (Å²) in [5.74, 6) is 0. The van der Waals surface area contributed by atoms with Crippen LogP contribution >= 0.6 is 0 Å². The van der Waals surface area contributed by atoms with Crippen molar-refractivity contribution in [2.75, 3.05) is 18.1 Å². The standard InChI is InChI=1S/C16H26N2O/c1-13-11-16(8-7-14(13)12-17)18(9-10-19)15-5-3-2-4-6-15/h7-8,11,15,19H,2-6,9-10,12,17H2,1H3. The molecular formula is C16H26N2O. The van der Waals surface area contributed by atoms with Crippen LogP contribution in [-0.2, 0) is 6.54 Å². The first-order chi connectivity index (χ1) is 9.26. The molecule has 1 aliphatic rings. The van der Waals surface area contributed by atoms with E-state index in [2.05, 4.69) is 30.0 Å². The first kappa shape index (κ1) is 14.4. The number of aryl methyl sites for hydroxylation is 1. The van der Waals surface area contributed by atoms with Gasteiger partial charge in [-0.15, -0.1) is 0 Å². The molecule has 1 saturated carbocycles. The lowest BCUT2D eigenvalue weighted by Crippen LogP contribution is -2.38. The zero-order chi connectivity index (χ0) is 13.7. The van der Waals surface area contributed by atoms with Gasteiger partial charge in [0, 0.05) is 24.8 Å². The Bertz CT molecular complexity index is 400. The van der Waals surface area contributed by atoms with Gasteiger partial charge in [-0.05, 0) is 43.0 Å². The summed E-state index contributed by atoms with van der Waals surface area (Å²) in [5.41, 5.74) is 9.41. The van der Waals surface area contributed by atoms with Gasteiger partial charge < -0.3 is 15.7 Å². The Labute approximate surface area is 116 Å². The van der Waals surface area contributed by atoms with Crippen LogP contribution in [0.2, 0.25) is 0 Å². The zero-order valence-corrected chi connectivity index (χ0v) is 11.9. The summed E-state index contributed by atoms with van der Waals surface area (Å²) >= 11 is 0. The molecule has 2 rings (SSSR count). The number of nitrogens with two attached hydrogens (primary N) is 1. The largest absolute Gasteiger partial charge is 0.395 e. The van der Waals surface area contributed by atoms with Gasteiger partial charge in [0.15, 0.2) is 0 Å². The van der Waals surface area contributed by atoms with Crippen molar-refractivity contribution in [3.8, 4) is 0 Å². The second-order valence-electron chi connectivity index (χ2n) is 5.52. The third-order valence-corrected chi connectivity index (χ3v) is 4.23. The minimum absolute atomic E-state index is 0.216. The van der Waals surface area contributed by atoms with Crippen molar-refractivity contribution in [3.05, 3.63) is 29.3 Å². The van der Waals surface area contributed by atoms with E-state index in [9.17, 15) is 5.11 Å². The molecule has 1 fully saturated rings. The Morgan fingerprint density at radius 3 is 2.58 bits per heavy atom. The molecule has 3 heteroatoms. The molecule has 0 bridgehead atoms. The Balaban J connectivity index is 2.19. The van der Waals surface area contributed by atoms with Crippen LogP contribution in [0.3, 0.4) is 0 Å². The maximum absolute atomic E-state index is 9.34. The van der Waals surface area contributed by atoms with Crippen LogP contribution in [0.25, 0.3) is 0 Å². The molecule has 19 heavy (non-hydrogen) atoms. The summed E-state index contributed by atoms with van der Waals surface area (Å²) in [5, 5.41) is 9.34. The lowest BCUT2D eigenvalue weighted by atomic mass is 9.93. The average molecular weight is 262 g/mol. The van der Waals surface area contributed by atoms with Gasteiger partial charge in [0.05, 0.1) is 6.61 Å². The van der Waals surface area contributed by atoms with Crippen molar-refractivity contribution >= 4 is 5.69 Å². The van der Waals surface area contributed by atoms with Crippen LogP contribution < -0.4 is 10.6 Å². The zero-order valence-electron chi connectivity index (χ0n) is 11.9. The summed E-state index contributed by atoms with van der Waals surface area (Å²) in [6.45, 7) is 3.65. The quantitative estimate of drug-likeness (QED) is 0.857. The van der Waals surface area contributed by atoms with Gasteiger partial charge in [-0.2, -0.15) is 0 Å². The van der Waals surface area contributed by atoms with E-state index in [0.717, 1.165) is 6.54 Å². The van der Waals surface area contributed by atoms with E-state index in [4.69, 9.17) is 5.73 Å². The second-order valence-corrected chi connectivity index (χ2v) is 5.52. The Hall–Kier alpha value is -1.06. The number of nitrogens with zero attached hydrogens (tertiary/aromatic N) is 1. The van der Waals surface area contributed by atoms with Gasteiger partial charge >= 0.3 is 0 Å². The summed E-state index contributed by atoms with van der Waals surface area (Å²) in [6, 6.07) is 7.08. The van der Waals surface area contributed by atoms with Crippen molar-refractivity contribution in [2.24, 2.45) is 5.73 Å². The summed E-state index contributed by atoms with van der Waals surface area (Å²) in [7, 11) is 0. The highest BCUT2D eigenvalue weighted by Crippen LogP contribution is 2.28. The molecule has 1 aromatic rings. The third-order valence-electron chi connectivity index (χ3n) is 4.23. The fraction of sp³-hybridized carbons (Fsp3) is 0.625. The summed E-state index contributed by atoms with van der Waals surface area (Å²) in [4.78, 5) is 2.38. The van der Waals surface area contributed by atoms with Gasteiger partial charge in [0.2, 0.25) is 0 Å². The van der Waals surface area contributed by atoms with Gasteiger partial charge in [-0.25, -0.2) is 0 Å². The average Bonchev–Trinajstić information content (AvgIpc) is 2.45. The van der Waals surface area contributed by atoms with Crippen LogP contribution in [0.15, 0.2) is 18.2 Å². The van der Waals surface area contributed by atoms with Crippen molar-refractivity contribution in [3.63, 3.8) is 0 Å². The van der Waals surface area contributed by atoms with Crippen LogP contribution in [-0.4, -0.2) is 24.3 Å². The van der Waals surface area contributed by atoms with Crippen molar-refractivity contribution < 1.29 is 5.11 Å². The Kier molecular flexibility index (Phi) is 5.23. The number of aliphatic hydroxyl groups is 1. The third kappa shape index (κ3) is 3.48. The van der Waals surface area contributed by atoms with E-state index < -0.39 is 0 Å². The molecule has 1 aliphatic carbocycles. The Morgan fingerprint density at radius 2 is 2.00 bits per heavy atom. The summed E-state index contributed by atoms with van der Waals surface area (Å²) < 4.78 is 0. The normalized spacial score (nSPS) is 16.6. The molecular weight excluding hydrogens is 236 g/mol. The molecule has 0 radical (unpaired) electrons. The van der Waals surface area contributed by atoms with E-state index in [1.165, 1.54) is 48.9 Å². The van der Waals surface area contributed by atoms with Crippen LogP contribution in [0.1, 0.15) is 43.2 Å². The fourth-order valence-electron chi connectivity index (χ4n) is 3.11. The number of rotatable bonds is 5. The van der Waals surface area contributed by atoms with Crippen molar-refractivity contribution in [1.82, 2.24) is 0 Å². The minimum Gasteiger partial charge on any atom is -0.395 e. The molecule has 3 nitrogen and oxygen atoms in total. The highest BCUT2D eigenvalue weighted by molar-refractivity contribution is 5.51. The number of aliphatic hydroxyl groups excluding tert-OH is 1. The second kappa shape index (κ2) is 6.92. The predicted molar refractivity (Wildman–Crippen MR) is 80.4 cm³/mol. The van der Waals surface area contributed by atoms with Gasteiger partial charge in [0.25, 0.3) is 0 Å². The maximum Gasteiger partial charge on any atom is 0.0606 e. The molecule has 0 spiro atoms. The van der Waals surface area contributed by atoms with Gasteiger partial charge in [0.1, 0.15) is 0 Å². The lowest BCUT2D eigenvalue weighted by Gasteiger charge is -2.36. The van der Waals surface area contributed by atoms with E-state index in [-0.39, 0.29) is 6.61 Å². The van der Waals surface area contributed by atoms with Crippen LogP contribution in [0.5, 0.6) is 0 Å². The molecule has 106 valence electrons. The minimum atomic E-state index is 0.216. The number of hydrogen-bond donors (Lipinski definition) is 2. The molecule has 1 aromatic carbocycles. The fourth-order valence-corrected chi connectivity index (χ4v) is 3.11. The molecule has 0 amide bonds.